The van der Waals surface area contributed by atoms with Crippen LogP contribution in [-0.4, -0.2) is 29.7 Å². The highest BCUT2D eigenvalue weighted by molar-refractivity contribution is 5.97. The highest BCUT2D eigenvalue weighted by Gasteiger charge is 2.42. The lowest BCUT2D eigenvalue weighted by atomic mass is 9.78. The van der Waals surface area contributed by atoms with Crippen molar-refractivity contribution in [2.75, 3.05) is 18.5 Å². The van der Waals surface area contributed by atoms with Crippen molar-refractivity contribution in [3.05, 3.63) is 18.3 Å². The smallest absolute Gasteiger partial charge is 0.256 e. The molecule has 1 aliphatic rings. The summed E-state index contributed by atoms with van der Waals surface area (Å²) in [7, 11) is 0. The Morgan fingerprint density at radius 1 is 1.43 bits per heavy atom. The predicted octanol–water partition coefficient (Wildman–Crippen LogP) is 3.79. The van der Waals surface area contributed by atoms with Crippen molar-refractivity contribution < 1.29 is 14.3 Å². The van der Waals surface area contributed by atoms with E-state index in [-0.39, 0.29) is 5.91 Å². The molecule has 1 fully saturated rings. The van der Waals surface area contributed by atoms with Crippen LogP contribution in [0.3, 0.4) is 0 Å². The van der Waals surface area contributed by atoms with Crippen molar-refractivity contribution in [3.63, 3.8) is 0 Å². The first-order chi connectivity index (χ1) is 11.1. The predicted molar refractivity (Wildman–Crippen MR) is 90.6 cm³/mol. The molecule has 23 heavy (non-hydrogen) atoms. The molecule has 0 radical (unpaired) electrons. The summed E-state index contributed by atoms with van der Waals surface area (Å²) in [6, 6.07) is 3.58. The van der Waals surface area contributed by atoms with Gasteiger partial charge in [0.1, 0.15) is 5.60 Å². The largest absolute Gasteiger partial charge is 0.478 e. The third kappa shape index (κ3) is 4.67. The first-order valence-corrected chi connectivity index (χ1v) is 8.64. The molecule has 0 unspecified atom stereocenters. The van der Waals surface area contributed by atoms with Crippen molar-refractivity contribution in [2.24, 2.45) is 5.92 Å². The third-order valence-electron chi connectivity index (χ3n) is 4.24. The van der Waals surface area contributed by atoms with Crippen LogP contribution in [0.1, 0.15) is 52.9 Å². The van der Waals surface area contributed by atoms with Crippen LogP contribution in [0.5, 0.6) is 5.88 Å². The van der Waals surface area contributed by atoms with E-state index in [1.165, 1.54) is 0 Å². The summed E-state index contributed by atoms with van der Waals surface area (Å²) >= 11 is 0. The molecule has 0 bridgehead atoms. The van der Waals surface area contributed by atoms with Crippen molar-refractivity contribution in [1.82, 2.24) is 4.98 Å². The van der Waals surface area contributed by atoms with Crippen LogP contribution in [-0.2, 0) is 9.53 Å². The van der Waals surface area contributed by atoms with Gasteiger partial charge in [0.2, 0.25) is 5.88 Å². The first kappa shape index (κ1) is 17.7. The summed E-state index contributed by atoms with van der Waals surface area (Å²) < 4.78 is 11.3. The van der Waals surface area contributed by atoms with Crippen LogP contribution in [0.4, 0.5) is 5.69 Å². The number of rotatable bonds is 7. The minimum atomic E-state index is -0.702. The fraction of sp³-hybridized carbons (Fsp3) is 0.667. The summed E-state index contributed by atoms with van der Waals surface area (Å²) in [5, 5.41) is 2.97. The summed E-state index contributed by atoms with van der Waals surface area (Å²) in [6.45, 7) is 7.35. The lowest BCUT2D eigenvalue weighted by molar-refractivity contribution is -0.148. The Hall–Kier alpha value is -1.62. The fourth-order valence-electron chi connectivity index (χ4n) is 3.14. The van der Waals surface area contributed by atoms with E-state index in [1.54, 1.807) is 12.3 Å². The van der Waals surface area contributed by atoms with Gasteiger partial charge in [-0.3, -0.25) is 4.79 Å². The lowest BCUT2D eigenvalue weighted by Gasteiger charge is -2.38. The Morgan fingerprint density at radius 3 is 2.87 bits per heavy atom. The minimum Gasteiger partial charge on any atom is -0.478 e. The molecular weight excluding hydrogens is 292 g/mol. The SMILES string of the molecule is CCCO[C@@]1(C(=O)Nc2ccc(OCC)nc2)CCC[C@H](C)C1. The van der Waals surface area contributed by atoms with Crippen LogP contribution in [0, 0.1) is 5.92 Å². The Balaban J connectivity index is 2.07. The lowest BCUT2D eigenvalue weighted by Crippen LogP contribution is -2.48. The van der Waals surface area contributed by atoms with E-state index in [1.807, 2.05) is 13.0 Å². The van der Waals surface area contributed by atoms with Gasteiger partial charge in [0.05, 0.1) is 18.5 Å². The number of hydrogen-bond acceptors (Lipinski definition) is 4. The average Bonchev–Trinajstić information content (AvgIpc) is 2.55. The molecule has 0 spiro atoms. The molecule has 2 atom stereocenters. The van der Waals surface area contributed by atoms with Crippen LogP contribution in [0.2, 0.25) is 0 Å². The fourth-order valence-corrected chi connectivity index (χ4v) is 3.14. The van der Waals surface area contributed by atoms with Crippen molar-refractivity contribution in [2.45, 2.75) is 58.5 Å². The summed E-state index contributed by atoms with van der Waals surface area (Å²) in [5.41, 5.74) is -0.0251. The second-order valence-corrected chi connectivity index (χ2v) is 6.32. The Morgan fingerprint density at radius 2 is 2.26 bits per heavy atom. The summed E-state index contributed by atoms with van der Waals surface area (Å²) in [6.07, 6.45) is 6.29. The molecule has 1 aromatic rings. The molecule has 1 N–H and O–H groups in total. The van der Waals surface area contributed by atoms with E-state index in [9.17, 15) is 4.79 Å². The number of aromatic nitrogens is 1. The van der Waals surface area contributed by atoms with Gasteiger partial charge in [-0.15, -0.1) is 0 Å². The van der Waals surface area contributed by atoms with Gasteiger partial charge in [0.25, 0.3) is 5.91 Å². The van der Waals surface area contributed by atoms with Crippen LogP contribution < -0.4 is 10.1 Å². The zero-order valence-corrected chi connectivity index (χ0v) is 14.4. The second kappa shape index (κ2) is 8.29. The van der Waals surface area contributed by atoms with Crippen molar-refractivity contribution in [3.8, 4) is 5.88 Å². The van der Waals surface area contributed by atoms with Crippen molar-refractivity contribution >= 4 is 11.6 Å². The monoisotopic (exact) mass is 320 g/mol. The Labute approximate surface area is 138 Å². The second-order valence-electron chi connectivity index (χ2n) is 6.32. The van der Waals surface area contributed by atoms with Gasteiger partial charge < -0.3 is 14.8 Å². The third-order valence-corrected chi connectivity index (χ3v) is 4.24. The number of hydrogen-bond donors (Lipinski definition) is 1. The van der Waals surface area contributed by atoms with Gasteiger partial charge >= 0.3 is 0 Å². The number of amides is 1. The number of carbonyl (C=O) groups is 1. The molecule has 1 amide bonds. The van der Waals surface area contributed by atoms with E-state index in [2.05, 4.69) is 24.1 Å². The van der Waals surface area contributed by atoms with E-state index in [0.717, 1.165) is 32.1 Å². The molecule has 5 heteroatoms. The maximum atomic E-state index is 12.9. The van der Waals surface area contributed by atoms with E-state index >= 15 is 0 Å². The molecule has 5 nitrogen and oxygen atoms in total. The number of carbonyl (C=O) groups excluding carboxylic acids is 1. The van der Waals surface area contributed by atoms with Crippen molar-refractivity contribution in [1.29, 1.82) is 0 Å². The molecular formula is C18H28N2O3. The number of pyridine rings is 1. The maximum Gasteiger partial charge on any atom is 0.256 e. The Bertz CT molecular complexity index is 503. The summed E-state index contributed by atoms with van der Waals surface area (Å²) in [4.78, 5) is 17.0. The molecule has 128 valence electrons. The van der Waals surface area contributed by atoms with E-state index < -0.39 is 5.60 Å². The molecule has 1 aromatic heterocycles. The normalized spacial score (nSPS) is 24.2. The molecule has 0 aliphatic heterocycles. The van der Waals surface area contributed by atoms with E-state index in [4.69, 9.17) is 9.47 Å². The van der Waals surface area contributed by atoms with Gasteiger partial charge in [-0.2, -0.15) is 0 Å². The zero-order chi connectivity index (χ0) is 16.7. The van der Waals surface area contributed by atoms with Gasteiger partial charge in [-0.25, -0.2) is 4.98 Å². The van der Waals surface area contributed by atoms with Gasteiger partial charge in [0.15, 0.2) is 0 Å². The van der Waals surface area contributed by atoms with Gasteiger partial charge in [-0.1, -0.05) is 20.3 Å². The Kier molecular flexibility index (Phi) is 6.39. The number of ether oxygens (including phenoxy) is 2. The molecule has 1 aliphatic carbocycles. The van der Waals surface area contributed by atoms with Crippen LogP contribution in [0.15, 0.2) is 18.3 Å². The minimum absolute atomic E-state index is 0.0524. The highest BCUT2D eigenvalue weighted by atomic mass is 16.5. The zero-order valence-electron chi connectivity index (χ0n) is 14.4. The summed E-state index contributed by atoms with van der Waals surface area (Å²) in [5.74, 6) is 1.02. The number of nitrogens with one attached hydrogen (secondary N) is 1. The topological polar surface area (TPSA) is 60.5 Å². The number of anilines is 1. The molecule has 0 aromatic carbocycles. The van der Waals surface area contributed by atoms with Crippen LogP contribution in [0.25, 0.3) is 0 Å². The van der Waals surface area contributed by atoms with Crippen LogP contribution >= 0.6 is 0 Å². The quantitative estimate of drug-likeness (QED) is 0.830. The molecule has 0 saturated heterocycles. The number of nitrogens with zero attached hydrogens (tertiary/aromatic N) is 1. The first-order valence-electron chi connectivity index (χ1n) is 8.64. The molecule has 1 saturated carbocycles. The molecule has 2 rings (SSSR count). The van der Waals surface area contributed by atoms with E-state index in [0.29, 0.717) is 30.7 Å². The average molecular weight is 320 g/mol. The van der Waals surface area contributed by atoms with Gasteiger partial charge in [0, 0.05) is 12.7 Å². The standard InChI is InChI=1S/C18H28N2O3/c1-4-11-23-18(10-6-7-14(3)12-18)17(21)20-15-8-9-16(19-13-15)22-5-2/h8-9,13-14H,4-7,10-12H2,1-3H3,(H,20,21)/t14-,18-/m0/s1. The van der Waals surface area contributed by atoms with Gasteiger partial charge in [-0.05, 0) is 44.6 Å². The highest BCUT2D eigenvalue weighted by Crippen LogP contribution is 2.36. The molecule has 1 heterocycles. The maximum absolute atomic E-state index is 12.9.